The van der Waals surface area contributed by atoms with Crippen molar-refractivity contribution in [3.05, 3.63) is 0 Å². The van der Waals surface area contributed by atoms with E-state index in [1.54, 1.807) is 0 Å². The van der Waals surface area contributed by atoms with Gasteiger partial charge in [-0.25, -0.2) is 4.79 Å². The van der Waals surface area contributed by atoms with E-state index in [1.807, 2.05) is 0 Å². The average Bonchev–Trinajstić information content (AvgIpc) is 2.34. The fourth-order valence-corrected chi connectivity index (χ4v) is 2.78. The number of carboxylic acids is 1. The van der Waals surface area contributed by atoms with Gasteiger partial charge in [-0.3, -0.25) is 9.59 Å². The fourth-order valence-electron chi connectivity index (χ4n) is 2.78. The monoisotopic (exact) mass is 286 g/mol. The molecule has 7 nitrogen and oxygen atoms in total. The van der Waals surface area contributed by atoms with Crippen LogP contribution in [0.15, 0.2) is 0 Å². The number of amides is 2. The van der Waals surface area contributed by atoms with E-state index in [9.17, 15) is 14.4 Å². The summed E-state index contributed by atoms with van der Waals surface area (Å²) in [7, 11) is 0. The molecular weight excluding hydrogens is 264 g/mol. The van der Waals surface area contributed by atoms with Gasteiger partial charge < -0.3 is 20.9 Å². The van der Waals surface area contributed by atoms with E-state index in [0.717, 1.165) is 32.1 Å². The van der Waals surface area contributed by atoms with Gasteiger partial charge in [0.1, 0.15) is 6.61 Å². The highest BCUT2D eigenvalue weighted by molar-refractivity contribution is 5.78. The average molecular weight is 286 g/mol. The number of nitrogens with one attached hydrogen (secondary N) is 1. The Kier molecular flexibility index (Phi) is 6.27. The summed E-state index contributed by atoms with van der Waals surface area (Å²) >= 11 is 0. The van der Waals surface area contributed by atoms with Gasteiger partial charge in [-0.15, -0.1) is 0 Å². The molecule has 2 amide bonds. The Morgan fingerprint density at radius 2 is 1.80 bits per heavy atom. The first-order chi connectivity index (χ1) is 9.43. The molecule has 0 aromatic heterocycles. The molecule has 0 aromatic carbocycles. The quantitative estimate of drug-likeness (QED) is 0.603. The number of hydrogen-bond acceptors (Lipinski definition) is 4. The molecule has 114 valence electrons. The van der Waals surface area contributed by atoms with E-state index in [4.69, 9.17) is 10.8 Å². The third-order valence-corrected chi connectivity index (χ3v) is 3.64. The second-order valence-corrected chi connectivity index (χ2v) is 5.33. The van der Waals surface area contributed by atoms with E-state index < -0.39 is 17.5 Å². The van der Waals surface area contributed by atoms with Crippen LogP contribution in [0.3, 0.4) is 0 Å². The van der Waals surface area contributed by atoms with Gasteiger partial charge in [0, 0.05) is 6.42 Å². The summed E-state index contributed by atoms with van der Waals surface area (Å²) in [6, 6.07) is 0. The summed E-state index contributed by atoms with van der Waals surface area (Å²) in [6.45, 7) is 0.206. The van der Waals surface area contributed by atoms with Crippen LogP contribution in [0.1, 0.15) is 44.9 Å². The number of carbonyl (C=O) groups is 3. The highest BCUT2D eigenvalue weighted by atomic mass is 16.5. The van der Waals surface area contributed by atoms with Crippen molar-refractivity contribution in [1.82, 2.24) is 5.32 Å². The van der Waals surface area contributed by atoms with Gasteiger partial charge in [0.2, 0.25) is 5.91 Å². The zero-order valence-corrected chi connectivity index (χ0v) is 11.5. The Labute approximate surface area is 117 Å². The number of nitrogens with two attached hydrogens (primary N) is 1. The Bertz CT molecular complexity index is 364. The van der Waals surface area contributed by atoms with Crippen molar-refractivity contribution in [3.63, 3.8) is 0 Å². The summed E-state index contributed by atoms with van der Waals surface area (Å²) in [5, 5.41) is 11.6. The van der Waals surface area contributed by atoms with Crippen molar-refractivity contribution < 1.29 is 24.2 Å². The summed E-state index contributed by atoms with van der Waals surface area (Å²) < 4.78 is 4.50. The van der Waals surface area contributed by atoms with E-state index in [0.29, 0.717) is 0 Å². The van der Waals surface area contributed by atoms with Gasteiger partial charge in [0.25, 0.3) is 0 Å². The molecule has 0 aliphatic heterocycles. The molecule has 0 radical (unpaired) electrons. The number of carbonyl (C=O) groups excluding carboxylic acids is 2. The largest absolute Gasteiger partial charge is 0.481 e. The molecule has 0 atom stereocenters. The smallest absolute Gasteiger partial charge is 0.404 e. The first-order valence-electron chi connectivity index (χ1n) is 6.84. The van der Waals surface area contributed by atoms with Crippen LogP contribution in [0.2, 0.25) is 0 Å². The Morgan fingerprint density at radius 1 is 1.15 bits per heavy atom. The molecule has 0 spiro atoms. The predicted molar refractivity (Wildman–Crippen MR) is 70.9 cm³/mol. The van der Waals surface area contributed by atoms with Crippen molar-refractivity contribution in [2.75, 3.05) is 13.2 Å². The fraction of sp³-hybridized carbons (Fsp3) is 0.769. The Hall–Kier alpha value is -1.79. The van der Waals surface area contributed by atoms with Gasteiger partial charge in [0.05, 0.1) is 13.0 Å². The van der Waals surface area contributed by atoms with Gasteiger partial charge in [0.15, 0.2) is 0 Å². The van der Waals surface area contributed by atoms with Crippen molar-refractivity contribution in [1.29, 1.82) is 0 Å². The third kappa shape index (κ3) is 5.90. The summed E-state index contributed by atoms with van der Waals surface area (Å²) in [5.74, 6) is -1.07. The van der Waals surface area contributed by atoms with E-state index in [-0.39, 0.29) is 31.9 Å². The van der Waals surface area contributed by atoms with Crippen molar-refractivity contribution in [3.8, 4) is 0 Å². The van der Waals surface area contributed by atoms with E-state index in [1.165, 1.54) is 0 Å². The first-order valence-corrected chi connectivity index (χ1v) is 6.84. The zero-order chi connectivity index (χ0) is 15.0. The maximum atomic E-state index is 11.9. The molecule has 1 saturated carbocycles. The molecule has 1 aliphatic carbocycles. The summed E-state index contributed by atoms with van der Waals surface area (Å²) in [6.07, 6.45) is 3.91. The van der Waals surface area contributed by atoms with E-state index >= 15 is 0 Å². The van der Waals surface area contributed by atoms with Crippen LogP contribution in [-0.2, 0) is 14.3 Å². The molecule has 1 fully saturated rings. The molecule has 4 N–H and O–H groups in total. The number of rotatable bonds is 7. The zero-order valence-electron chi connectivity index (χ0n) is 11.5. The number of ether oxygens (including phenoxy) is 1. The molecule has 0 heterocycles. The van der Waals surface area contributed by atoms with Crippen LogP contribution < -0.4 is 11.1 Å². The second-order valence-electron chi connectivity index (χ2n) is 5.33. The number of aliphatic carboxylic acids is 1. The number of primary amides is 1. The Balaban J connectivity index is 2.41. The first kappa shape index (κ1) is 16.3. The van der Waals surface area contributed by atoms with Crippen LogP contribution in [0.4, 0.5) is 4.79 Å². The molecule has 1 aliphatic rings. The lowest BCUT2D eigenvalue weighted by molar-refractivity contribution is -0.141. The standard InChI is InChI=1S/C13H22N2O5/c14-12(19)20-7-6-15-10(16)8-13(9-11(17)18)4-2-1-3-5-13/h1-9H2,(H2,14,19)(H,15,16)(H,17,18). The molecular formula is C13H22N2O5. The number of hydrogen-bond donors (Lipinski definition) is 3. The second kappa shape index (κ2) is 7.72. The molecule has 7 heteroatoms. The predicted octanol–water partition coefficient (Wildman–Crippen LogP) is 1.01. The van der Waals surface area contributed by atoms with Crippen molar-refractivity contribution in [2.45, 2.75) is 44.9 Å². The minimum absolute atomic E-state index is 0.0208. The maximum Gasteiger partial charge on any atom is 0.404 e. The highest BCUT2D eigenvalue weighted by Crippen LogP contribution is 2.42. The van der Waals surface area contributed by atoms with Crippen molar-refractivity contribution >= 4 is 18.0 Å². The molecule has 0 unspecified atom stereocenters. The molecule has 0 aromatic rings. The van der Waals surface area contributed by atoms with Gasteiger partial charge in [-0.05, 0) is 18.3 Å². The maximum absolute atomic E-state index is 11.9. The summed E-state index contributed by atoms with van der Waals surface area (Å²) in [5.41, 5.74) is 4.36. The van der Waals surface area contributed by atoms with Crippen LogP contribution in [0, 0.1) is 5.41 Å². The third-order valence-electron chi connectivity index (χ3n) is 3.64. The lowest BCUT2D eigenvalue weighted by Gasteiger charge is -2.35. The minimum atomic E-state index is -0.881. The lowest BCUT2D eigenvalue weighted by atomic mass is 9.69. The van der Waals surface area contributed by atoms with Gasteiger partial charge >= 0.3 is 12.1 Å². The molecule has 20 heavy (non-hydrogen) atoms. The van der Waals surface area contributed by atoms with Gasteiger partial charge in [-0.2, -0.15) is 0 Å². The lowest BCUT2D eigenvalue weighted by Crippen LogP contribution is -2.36. The van der Waals surface area contributed by atoms with Crippen molar-refractivity contribution in [2.24, 2.45) is 11.1 Å². The van der Waals surface area contributed by atoms with Crippen LogP contribution >= 0.6 is 0 Å². The topological polar surface area (TPSA) is 119 Å². The van der Waals surface area contributed by atoms with Gasteiger partial charge in [-0.1, -0.05) is 19.3 Å². The van der Waals surface area contributed by atoms with Crippen LogP contribution in [0.25, 0.3) is 0 Å². The van der Waals surface area contributed by atoms with Crippen LogP contribution in [0.5, 0.6) is 0 Å². The molecule has 0 saturated heterocycles. The molecule has 1 rings (SSSR count). The minimum Gasteiger partial charge on any atom is -0.481 e. The summed E-state index contributed by atoms with van der Waals surface area (Å²) in [4.78, 5) is 33.2. The van der Waals surface area contributed by atoms with Crippen LogP contribution in [-0.4, -0.2) is 36.2 Å². The molecule has 0 bridgehead atoms. The highest BCUT2D eigenvalue weighted by Gasteiger charge is 2.36. The Morgan fingerprint density at radius 3 is 2.35 bits per heavy atom. The van der Waals surface area contributed by atoms with E-state index in [2.05, 4.69) is 10.1 Å². The SMILES string of the molecule is NC(=O)OCCNC(=O)CC1(CC(=O)O)CCCCC1. The number of carboxylic acid groups (broad SMARTS) is 1. The normalized spacial score (nSPS) is 17.2.